The summed E-state index contributed by atoms with van der Waals surface area (Å²) in [5.74, 6) is -0.510. The number of alkyl halides is 3. The molecule has 1 fully saturated rings. The van der Waals surface area contributed by atoms with Crippen molar-refractivity contribution in [2.45, 2.75) is 44.5 Å². The van der Waals surface area contributed by atoms with Gasteiger partial charge in [0, 0.05) is 19.5 Å². The van der Waals surface area contributed by atoms with E-state index >= 15 is 0 Å². The topological polar surface area (TPSA) is 61.8 Å². The largest absolute Gasteiger partial charge is 0.417 e. The molecule has 0 aromatic heterocycles. The molecule has 1 saturated heterocycles. The summed E-state index contributed by atoms with van der Waals surface area (Å²) in [4.78, 5) is 30.2. The van der Waals surface area contributed by atoms with Gasteiger partial charge in [-0.3, -0.25) is 14.5 Å². The van der Waals surface area contributed by atoms with E-state index in [1.165, 1.54) is 11.0 Å². The number of aliphatic imine (C=N–C) groups is 1. The molecule has 1 aromatic rings. The number of nitrogens with zero attached hydrogens (tertiary/aromatic N) is 2. The number of nitrogens with one attached hydrogen (secondary N) is 1. The third-order valence-electron chi connectivity index (χ3n) is 3.98. The molecule has 0 saturated carbocycles. The first-order chi connectivity index (χ1) is 13.2. The summed E-state index contributed by atoms with van der Waals surface area (Å²) in [7, 11) is 0. The summed E-state index contributed by atoms with van der Waals surface area (Å²) < 4.78 is 39.2. The highest BCUT2D eigenvalue weighted by Crippen LogP contribution is 2.38. The van der Waals surface area contributed by atoms with Gasteiger partial charge in [0.2, 0.25) is 11.8 Å². The summed E-state index contributed by atoms with van der Waals surface area (Å²) in [6.45, 7) is 4.59. The van der Waals surface area contributed by atoms with Crippen molar-refractivity contribution in [3.05, 3.63) is 28.8 Å². The van der Waals surface area contributed by atoms with Gasteiger partial charge in [0.25, 0.3) is 0 Å². The van der Waals surface area contributed by atoms with Gasteiger partial charge in [-0.25, -0.2) is 4.99 Å². The fourth-order valence-electron chi connectivity index (χ4n) is 2.60. The van der Waals surface area contributed by atoms with Gasteiger partial charge >= 0.3 is 6.18 Å². The number of carbonyl (C=O) groups is 2. The van der Waals surface area contributed by atoms with Gasteiger partial charge in [-0.15, -0.1) is 0 Å². The number of amidine groups is 1. The van der Waals surface area contributed by atoms with E-state index in [0.717, 1.165) is 30.3 Å². The monoisotopic (exact) mass is 435 g/mol. The number of thioether (sulfide) groups is 1. The van der Waals surface area contributed by atoms with Crippen molar-refractivity contribution < 1.29 is 22.8 Å². The number of hydrogen-bond donors (Lipinski definition) is 1. The van der Waals surface area contributed by atoms with E-state index < -0.39 is 22.0 Å². The Morgan fingerprint density at radius 1 is 1.36 bits per heavy atom. The predicted molar refractivity (Wildman–Crippen MR) is 105 cm³/mol. The number of unbranched alkanes of at least 4 members (excludes halogenated alkanes) is 1. The fourth-order valence-corrected chi connectivity index (χ4v) is 4.00. The van der Waals surface area contributed by atoms with Crippen molar-refractivity contribution in [3.8, 4) is 0 Å². The van der Waals surface area contributed by atoms with E-state index in [9.17, 15) is 22.8 Å². The number of rotatable bonds is 7. The van der Waals surface area contributed by atoms with Crippen LogP contribution in [0.4, 0.5) is 18.9 Å². The highest BCUT2D eigenvalue weighted by molar-refractivity contribution is 8.15. The van der Waals surface area contributed by atoms with Crippen LogP contribution in [0.1, 0.15) is 38.7 Å². The van der Waals surface area contributed by atoms with Crippen molar-refractivity contribution in [1.82, 2.24) is 10.2 Å². The maximum absolute atomic E-state index is 13.1. The highest BCUT2D eigenvalue weighted by atomic mass is 35.5. The molecule has 0 spiro atoms. The molecule has 1 N–H and O–H groups in total. The minimum absolute atomic E-state index is 0.00654. The van der Waals surface area contributed by atoms with Crippen LogP contribution < -0.4 is 5.32 Å². The minimum atomic E-state index is -4.60. The van der Waals surface area contributed by atoms with E-state index in [0.29, 0.717) is 24.7 Å². The Morgan fingerprint density at radius 3 is 2.68 bits per heavy atom. The SMILES string of the molecule is CCCCN1C(=O)C(CC(=O)NCC)SC1=Nc1ccc(Cl)c(C(F)(F)F)c1. The first kappa shape index (κ1) is 22.5. The van der Waals surface area contributed by atoms with Crippen molar-refractivity contribution in [3.63, 3.8) is 0 Å². The lowest BCUT2D eigenvalue weighted by Gasteiger charge is -2.16. The zero-order valence-corrected chi connectivity index (χ0v) is 17.0. The molecule has 10 heteroatoms. The van der Waals surface area contributed by atoms with Gasteiger partial charge in [-0.2, -0.15) is 13.2 Å². The molecule has 0 radical (unpaired) electrons. The number of amides is 2. The molecule has 1 atom stereocenters. The smallest absolute Gasteiger partial charge is 0.356 e. The molecule has 5 nitrogen and oxygen atoms in total. The van der Waals surface area contributed by atoms with Crippen LogP contribution in [0.5, 0.6) is 0 Å². The Balaban J connectivity index is 2.32. The van der Waals surface area contributed by atoms with E-state index in [1.807, 2.05) is 6.92 Å². The first-order valence-electron chi connectivity index (χ1n) is 8.87. The van der Waals surface area contributed by atoms with E-state index in [2.05, 4.69) is 10.3 Å². The second kappa shape index (κ2) is 9.65. The molecule has 1 heterocycles. The Kier molecular flexibility index (Phi) is 7.77. The van der Waals surface area contributed by atoms with Crippen LogP contribution in [-0.2, 0) is 15.8 Å². The van der Waals surface area contributed by atoms with Crippen molar-refractivity contribution in [2.75, 3.05) is 13.1 Å². The van der Waals surface area contributed by atoms with Crippen molar-refractivity contribution in [1.29, 1.82) is 0 Å². The maximum Gasteiger partial charge on any atom is 0.417 e. The average Bonchev–Trinajstić information content (AvgIpc) is 2.89. The van der Waals surface area contributed by atoms with Crippen LogP contribution >= 0.6 is 23.4 Å². The summed E-state index contributed by atoms with van der Waals surface area (Å²) in [6.07, 6.45) is -3.06. The van der Waals surface area contributed by atoms with Gasteiger partial charge in [-0.1, -0.05) is 36.7 Å². The van der Waals surface area contributed by atoms with Crippen LogP contribution in [0.15, 0.2) is 23.2 Å². The average molecular weight is 436 g/mol. The number of hydrogen-bond acceptors (Lipinski definition) is 4. The van der Waals surface area contributed by atoms with Crippen LogP contribution in [0.3, 0.4) is 0 Å². The Bertz CT molecular complexity index is 771. The number of halogens is 4. The van der Waals surface area contributed by atoms with E-state index in [1.54, 1.807) is 6.92 Å². The van der Waals surface area contributed by atoms with Crippen LogP contribution in [0.2, 0.25) is 5.02 Å². The lowest BCUT2D eigenvalue weighted by Crippen LogP contribution is -2.35. The minimum Gasteiger partial charge on any atom is -0.356 e. The zero-order valence-electron chi connectivity index (χ0n) is 15.5. The fraction of sp³-hybridized carbons (Fsp3) is 0.500. The molecule has 0 aliphatic carbocycles. The second-order valence-electron chi connectivity index (χ2n) is 6.16. The Labute approximate surface area is 170 Å². The zero-order chi connectivity index (χ0) is 20.9. The molecular formula is C18H21ClF3N3O2S. The lowest BCUT2D eigenvalue weighted by molar-refractivity contribution is -0.137. The standard InChI is InChI=1S/C18H21ClF3N3O2S/c1-3-5-8-25-16(27)14(10-15(26)23-4-2)28-17(25)24-11-6-7-13(19)12(9-11)18(20,21)22/h6-7,9,14H,3-5,8,10H2,1-2H3,(H,23,26). The van der Waals surface area contributed by atoms with Crippen molar-refractivity contribution in [2.24, 2.45) is 4.99 Å². The van der Waals surface area contributed by atoms with Gasteiger partial charge in [0.1, 0.15) is 5.25 Å². The second-order valence-corrected chi connectivity index (χ2v) is 7.74. The molecule has 2 rings (SSSR count). The van der Waals surface area contributed by atoms with E-state index in [-0.39, 0.29) is 23.9 Å². The molecule has 28 heavy (non-hydrogen) atoms. The van der Waals surface area contributed by atoms with Crippen LogP contribution in [0.25, 0.3) is 0 Å². The van der Waals surface area contributed by atoms with Gasteiger partial charge in [0.05, 0.1) is 16.3 Å². The molecule has 1 aliphatic rings. The quantitative estimate of drug-likeness (QED) is 0.680. The molecule has 1 unspecified atom stereocenters. The van der Waals surface area contributed by atoms with Gasteiger partial charge in [0.15, 0.2) is 5.17 Å². The third-order valence-corrected chi connectivity index (χ3v) is 5.49. The first-order valence-corrected chi connectivity index (χ1v) is 10.1. The number of benzene rings is 1. The van der Waals surface area contributed by atoms with Gasteiger partial charge in [-0.05, 0) is 31.5 Å². The Hall–Kier alpha value is -1.74. The number of carbonyl (C=O) groups excluding carboxylic acids is 2. The normalized spacial score (nSPS) is 18.8. The molecule has 0 bridgehead atoms. The molecule has 1 aliphatic heterocycles. The van der Waals surface area contributed by atoms with E-state index in [4.69, 9.17) is 11.6 Å². The highest BCUT2D eigenvalue weighted by Gasteiger charge is 2.39. The van der Waals surface area contributed by atoms with Gasteiger partial charge < -0.3 is 5.32 Å². The molecule has 1 aromatic carbocycles. The molecule has 154 valence electrons. The maximum atomic E-state index is 13.1. The van der Waals surface area contributed by atoms with Crippen LogP contribution in [0, 0.1) is 0 Å². The summed E-state index contributed by atoms with van der Waals surface area (Å²) >= 11 is 6.74. The summed E-state index contributed by atoms with van der Waals surface area (Å²) in [5, 5.41) is 1.88. The summed E-state index contributed by atoms with van der Waals surface area (Å²) in [6, 6.07) is 3.36. The Morgan fingerprint density at radius 2 is 2.07 bits per heavy atom. The van der Waals surface area contributed by atoms with Crippen molar-refractivity contribution >= 4 is 46.0 Å². The molecular weight excluding hydrogens is 415 g/mol. The molecule has 2 amide bonds. The lowest BCUT2D eigenvalue weighted by atomic mass is 10.2. The summed E-state index contributed by atoms with van der Waals surface area (Å²) in [5.41, 5.74) is -0.934. The third kappa shape index (κ3) is 5.64. The van der Waals surface area contributed by atoms with Crippen LogP contribution in [-0.4, -0.2) is 40.2 Å². The predicted octanol–water partition coefficient (Wildman–Crippen LogP) is 4.62.